The Labute approximate surface area is 192 Å². The molecule has 170 valence electrons. The first kappa shape index (κ1) is 22.3. The summed E-state index contributed by atoms with van der Waals surface area (Å²) in [4.78, 5) is 30.7. The van der Waals surface area contributed by atoms with E-state index in [1.165, 1.54) is 0 Å². The predicted octanol–water partition coefficient (Wildman–Crippen LogP) is 4.27. The molecule has 0 saturated carbocycles. The third-order valence-electron chi connectivity index (χ3n) is 5.76. The third-order valence-corrected chi connectivity index (χ3v) is 5.76. The summed E-state index contributed by atoms with van der Waals surface area (Å²) in [7, 11) is 0. The summed E-state index contributed by atoms with van der Waals surface area (Å²) >= 11 is 0. The molecule has 0 radical (unpaired) electrons. The zero-order chi connectivity index (χ0) is 23.4. The molecule has 4 rings (SSSR count). The number of fused-ring (bicyclic) bond motifs is 1. The second-order valence-electron chi connectivity index (χ2n) is 8.47. The van der Waals surface area contributed by atoms with Crippen molar-refractivity contribution in [1.82, 2.24) is 5.32 Å². The van der Waals surface area contributed by atoms with Gasteiger partial charge in [-0.15, -0.1) is 0 Å². The number of amides is 1. The van der Waals surface area contributed by atoms with Crippen LogP contribution >= 0.6 is 0 Å². The number of carbonyl (C=O) groups excluding carboxylic acids is 1. The number of carbonyl (C=O) groups is 2. The predicted molar refractivity (Wildman–Crippen MR) is 125 cm³/mol. The van der Waals surface area contributed by atoms with Gasteiger partial charge < -0.3 is 20.0 Å². The highest BCUT2D eigenvalue weighted by molar-refractivity contribution is 6.09. The number of ether oxygens (including phenoxy) is 1. The Bertz CT molecular complexity index is 1190. The lowest BCUT2D eigenvalue weighted by Crippen LogP contribution is -2.49. The molecule has 0 bridgehead atoms. The van der Waals surface area contributed by atoms with E-state index in [-0.39, 0.29) is 24.9 Å². The van der Waals surface area contributed by atoms with E-state index >= 15 is 0 Å². The maximum atomic E-state index is 13.2. The van der Waals surface area contributed by atoms with Crippen LogP contribution < -0.4 is 10.1 Å². The Kier molecular flexibility index (Phi) is 6.31. The van der Waals surface area contributed by atoms with E-state index in [1.54, 1.807) is 30.3 Å². The summed E-state index contributed by atoms with van der Waals surface area (Å²) in [6.45, 7) is 3.68. The lowest BCUT2D eigenvalue weighted by molar-refractivity contribution is -0.166. The smallest absolute Gasteiger partial charge is 0.355 e. The third kappa shape index (κ3) is 4.67. The zero-order valence-corrected chi connectivity index (χ0v) is 18.5. The molecule has 3 aromatic rings. The molecule has 1 amide bonds. The van der Waals surface area contributed by atoms with Crippen molar-refractivity contribution < 1.29 is 24.3 Å². The number of aliphatic carboxylic acids is 1. The van der Waals surface area contributed by atoms with E-state index in [9.17, 15) is 14.7 Å². The summed E-state index contributed by atoms with van der Waals surface area (Å²) in [6.07, 6.45) is 0.00777. The van der Waals surface area contributed by atoms with Crippen LogP contribution in [0, 0.1) is 5.92 Å². The van der Waals surface area contributed by atoms with Crippen LogP contribution in [0.5, 0.6) is 5.75 Å². The monoisotopic (exact) mass is 446 g/mol. The minimum Gasteiger partial charge on any atom is -0.489 e. The largest absolute Gasteiger partial charge is 0.489 e. The maximum Gasteiger partial charge on any atom is 0.355 e. The molecule has 2 N–H and O–H groups in total. The van der Waals surface area contributed by atoms with Gasteiger partial charge in [0, 0.05) is 12.0 Å². The average Bonchev–Trinajstić information content (AvgIpc) is 3.26. The Morgan fingerprint density at radius 1 is 1.06 bits per heavy atom. The molecular weight excluding hydrogens is 420 g/mol. The summed E-state index contributed by atoms with van der Waals surface area (Å²) in [5.74, 6) is -0.910. The molecule has 3 aromatic carbocycles. The van der Waals surface area contributed by atoms with Gasteiger partial charge in [-0.05, 0) is 34.9 Å². The van der Waals surface area contributed by atoms with Crippen molar-refractivity contribution in [3.8, 4) is 5.75 Å². The molecule has 7 heteroatoms. The second-order valence-corrected chi connectivity index (χ2v) is 8.47. The van der Waals surface area contributed by atoms with Crippen LogP contribution in [0.15, 0.2) is 78.0 Å². The summed E-state index contributed by atoms with van der Waals surface area (Å²) in [6, 6.07) is 21.7. The minimum absolute atomic E-state index is 0.00777. The maximum absolute atomic E-state index is 13.2. The fourth-order valence-corrected chi connectivity index (χ4v) is 3.92. The van der Waals surface area contributed by atoms with E-state index in [0.29, 0.717) is 17.0 Å². The zero-order valence-electron chi connectivity index (χ0n) is 18.5. The van der Waals surface area contributed by atoms with Gasteiger partial charge in [0.05, 0.1) is 11.8 Å². The molecule has 2 atom stereocenters. The number of benzene rings is 3. The lowest BCUT2D eigenvalue weighted by Gasteiger charge is -2.25. The topological polar surface area (TPSA) is 97.2 Å². The Morgan fingerprint density at radius 3 is 2.48 bits per heavy atom. The quantitative estimate of drug-likeness (QED) is 0.539. The number of nitrogens with zero attached hydrogens (tertiary/aromatic N) is 1. The molecule has 1 aliphatic rings. The lowest BCUT2D eigenvalue weighted by atomic mass is 9.90. The number of carboxylic acids is 1. The molecule has 2 unspecified atom stereocenters. The molecule has 0 aliphatic carbocycles. The van der Waals surface area contributed by atoms with Crippen molar-refractivity contribution in [2.45, 2.75) is 31.9 Å². The number of rotatable bonds is 8. The minimum atomic E-state index is -1.65. The number of hydrogen-bond acceptors (Lipinski definition) is 5. The van der Waals surface area contributed by atoms with Crippen molar-refractivity contribution in [3.63, 3.8) is 0 Å². The highest BCUT2D eigenvalue weighted by Crippen LogP contribution is 2.29. The molecule has 1 heterocycles. The van der Waals surface area contributed by atoms with Gasteiger partial charge in [-0.3, -0.25) is 4.79 Å². The first-order valence-electron chi connectivity index (χ1n) is 10.8. The Hall–Kier alpha value is -3.87. The highest BCUT2D eigenvalue weighted by Gasteiger charge is 2.50. The summed E-state index contributed by atoms with van der Waals surface area (Å²) in [5.41, 5.74) is -0.629. The van der Waals surface area contributed by atoms with Gasteiger partial charge in [0.25, 0.3) is 11.5 Å². The SMILES string of the molecule is CC(C)C(NC(=O)c1cccc2ccccc12)C1=NOC(COc2ccccc2)(C(=O)O)C1. The normalized spacial score (nSPS) is 18.5. The van der Waals surface area contributed by atoms with Crippen LogP contribution in [0.4, 0.5) is 0 Å². The molecule has 0 fully saturated rings. The average molecular weight is 447 g/mol. The van der Waals surface area contributed by atoms with Crippen molar-refractivity contribution in [1.29, 1.82) is 0 Å². The Morgan fingerprint density at radius 2 is 1.76 bits per heavy atom. The van der Waals surface area contributed by atoms with E-state index in [2.05, 4.69) is 10.5 Å². The van der Waals surface area contributed by atoms with Crippen LogP contribution in [0.2, 0.25) is 0 Å². The van der Waals surface area contributed by atoms with Crippen molar-refractivity contribution in [2.75, 3.05) is 6.61 Å². The molecular formula is C26H26N2O5. The van der Waals surface area contributed by atoms with E-state index in [4.69, 9.17) is 9.57 Å². The summed E-state index contributed by atoms with van der Waals surface area (Å²) in [5, 5.41) is 18.8. The van der Waals surface area contributed by atoms with Crippen LogP contribution in [-0.4, -0.2) is 40.9 Å². The molecule has 33 heavy (non-hydrogen) atoms. The van der Waals surface area contributed by atoms with E-state index in [0.717, 1.165) is 10.8 Å². The van der Waals surface area contributed by atoms with Crippen LogP contribution in [0.1, 0.15) is 30.6 Å². The molecule has 1 aliphatic heterocycles. The number of carboxylic acid groups (broad SMARTS) is 1. The highest BCUT2D eigenvalue weighted by atomic mass is 16.7. The van der Waals surface area contributed by atoms with E-state index in [1.807, 2.05) is 56.3 Å². The number of hydrogen-bond donors (Lipinski definition) is 2. The molecule has 7 nitrogen and oxygen atoms in total. The molecule has 0 saturated heterocycles. The molecule has 0 aromatic heterocycles. The Balaban J connectivity index is 1.52. The number of oxime groups is 1. The number of para-hydroxylation sites is 1. The van der Waals surface area contributed by atoms with Gasteiger partial charge in [-0.2, -0.15) is 0 Å². The van der Waals surface area contributed by atoms with Crippen LogP contribution in [-0.2, 0) is 9.63 Å². The van der Waals surface area contributed by atoms with Gasteiger partial charge in [-0.1, -0.05) is 73.6 Å². The van der Waals surface area contributed by atoms with Crippen molar-refractivity contribution in [2.24, 2.45) is 11.1 Å². The van der Waals surface area contributed by atoms with Crippen LogP contribution in [0.25, 0.3) is 10.8 Å². The first-order valence-corrected chi connectivity index (χ1v) is 10.8. The molecule has 0 spiro atoms. The van der Waals surface area contributed by atoms with Crippen molar-refractivity contribution >= 4 is 28.4 Å². The second kappa shape index (κ2) is 9.32. The van der Waals surface area contributed by atoms with Gasteiger partial charge in [0.15, 0.2) is 0 Å². The first-order chi connectivity index (χ1) is 15.9. The van der Waals surface area contributed by atoms with E-state index < -0.39 is 17.6 Å². The van der Waals surface area contributed by atoms with Gasteiger partial charge in [0.1, 0.15) is 12.4 Å². The summed E-state index contributed by atoms with van der Waals surface area (Å²) < 4.78 is 5.68. The fraction of sp³-hybridized carbons (Fsp3) is 0.269. The fourth-order valence-electron chi connectivity index (χ4n) is 3.92. The van der Waals surface area contributed by atoms with Crippen molar-refractivity contribution in [3.05, 3.63) is 78.4 Å². The van der Waals surface area contributed by atoms with Gasteiger partial charge >= 0.3 is 5.97 Å². The number of nitrogens with one attached hydrogen (secondary N) is 1. The van der Waals surface area contributed by atoms with Gasteiger partial charge in [-0.25, -0.2) is 4.79 Å². The van der Waals surface area contributed by atoms with Gasteiger partial charge in [0.2, 0.25) is 0 Å². The standard InChI is InChI=1S/C26H26N2O5/c1-17(2)23(27-24(29)21-14-8-10-18-9-6-7-13-20(18)21)22-15-26(25(30)31,33-28-22)16-32-19-11-4-3-5-12-19/h3-14,17,23H,15-16H2,1-2H3,(H,27,29)(H,30,31). The van der Waals surface area contributed by atoms with Crippen LogP contribution in [0.3, 0.4) is 0 Å².